The van der Waals surface area contributed by atoms with E-state index in [1.165, 1.54) is 5.56 Å². The van der Waals surface area contributed by atoms with Crippen LogP contribution < -0.4 is 0 Å². The second-order valence-electron chi connectivity index (χ2n) is 6.41. The number of carboxylic acid groups (broad SMARTS) is 1. The largest absolute Gasteiger partial charge is 0.480 e. The van der Waals surface area contributed by atoms with Crippen LogP contribution >= 0.6 is 0 Å². The number of carbonyl (C=O) groups excluding carboxylic acids is 1. The number of carbonyl (C=O) groups is 2. The Labute approximate surface area is 135 Å². The van der Waals surface area contributed by atoms with Crippen LogP contribution in [0.4, 0.5) is 0 Å². The van der Waals surface area contributed by atoms with Crippen LogP contribution in [0.25, 0.3) is 10.9 Å². The molecule has 0 saturated heterocycles. The van der Waals surface area contributed by atoms with Crippen LogP contribution in [0.15, 0.2) is 24.4 Å². The highest BCUT2D eigenvalue weighted by atomic mass is 16.4. The van der Waals surface area contributed by atoms with Crippen molar-refractivity contribution >= 4 is 22.8 Å². The van der Waals surface area contributed by atoms with Crippen molar-refractivity contribution in [3.8, 4) is 0 Å². The van der Waals surface area contributed by atoms with Crippen molar-refractivity contribution in [3.63, 3.8) is 0 Å². The van der Waals surface area contributed by atoms with E-state index in [1.807, 2.05) is 19.2 Å². The van der Waals surface area contributed by atoms with Crippen LogP contribution in [0.1, 0.15) is 37.3 Å². The van der Waals surface area contributed by atoms with Gasteiger partial charge < -0.3 is 15.0 Å². The van der Waals surface area contributed by atoms with E-state index in [2.05, 4.69) is 17.1 Å². The van der Waals surface area contributed by atoms with Gasteiger partial charge in [-0.05, 0) is 50.8 Å². The van der Waals surface area contributed by atoms with Crippen molar-refractivity contribution in [1.29, 1.82) is 0 Å². The van der Waals surface area contributed by atoms with Crippen LogP contribution in [0.5, 0.6) is 0 Å². The van der Waals surface area contributed by atoms with Crippen LogP contribution in [-0.4, -0.2) is 39.0 Å². The summed E-state index contributed by atoms with van der Waals surface area (Å²) >= 11 is 0. The first-order valence-electron chi connectivity index (χ1n) is 8.08. The van der Waals surface area contributed by atoms with E-state index in [0.717, 1.165) is 29.3 Å². The molecule has 1 amide bonds. The number of hydrogen-bond donors (Lipinski definition) is 2. The standard InChI is InChI=1S/C18H22N2O3/c1-11-3-7-16-15(9-11)13(10-19-16)4-8-17(21)20(14-5-6-14)12(2)18(22)23/h3,7,9-10,12,14,19H,4-6,8H2,1-2H3,(H,22,23). The van der Waals surface area contributed by atoms with Gasteiger partial charge in [0.2, 0.25) is 5.91 Å². The van der Waals surface area contributed by atoms with Crippen molar-refractivity contribution in [1.82, 2.24) is 9.88 Å². The van der Waals surface area contributed by atoms with E-state index < -0.39 is 12.0 Å². The monoisotopic (exact) mass is 314 g/mol. The summed E-state index contributed by atoms with van der Waals surface area (Å²) in [6, 6.07) is 5.57. The van der Waals surface area contributed by atoms with Gasteiger partial charge in [0.05, 0.1) is 0 Å². The molecule has 0 aliphatic heterocycles. The molecule has 1 aromatic heterocycles. The minimum absolute atomic E-state index is 0.0654. The van der Waals surface area contributed by atoms with Crippen molar-refractivity contribution in [3.05, 3.63) is 35.5 Å². The number of aliphatic carboxylic acids is 1. The smallest absolute Gasteiger partial charge is 0.326 e. The number of hydrogen-bond acceptors (Lipinski definition) is 2. The molecule has 1 fully saturated rings. The molecule has 122 valence electrons. The fourth-order valence-electron chi connectivity index (χ4n) is 3.08. The number of fused-ring (bicyclic) bond motifs is 1. The van der Waals surface area contributed by atoms with Crippen molar-refractivity contribution in [2.45, 2.75) is 51.6 Å². The Balaban J connectivity index is 1.72. The van der Waals surface area contributed by atoms with E-state index in [0.29, 0.717) is 12.8 Å². The first-order chi connectivity index (χ1) is 11.0. The molecule has 1 aliphatic rings. The number of nitrogens with zero attached hydrogens (tertiary/aromatic N) is 1. The molecule has 0 spiro atoms. The molecule has 1 unspecified atom stereocenters. The molecule has 3 rings (SSSR count). The Morgan fingerprint density at radius 1 is 1.39 bits per heavy atom. The maximum Gasteiger partial charge on any atom is 0.326 e. The zero-order valence-corrected chi connectivity index (χ0v) is 13.5. The van der Waals surface area contributed by atoms with E-state index in [-0.39, 0.29) is 11.9 Å². The first-order valence-corrected chi connectivity index (χ1v) is 8.08. The summed E-state index contributed by atoms with van der Waals surface area (Å²) in [4.78, 5) is 28.5. The minimum atomic E-state index is -0.937. The Hall–Kier alpha value is -2.30. The predicted molar refractivity (Wildman–Crippen MR) is 88.3 cm³/mol. The molecule has 1 saturated carbocycles. The van der Waals surface area contributed by atoms with Crippen LogP contribution in [-0.2, 0) is 16.0 Å². The molecule has 2 aromatic rings. The average molecular weight is 314 g/mol. The highest BCUT2D eigenvalue weighted by Gasteiger charge is 2.37. The van der Waals surface area contributed by atoms with Gasteiger partial charge in [0.1, 0.15) is 6.04 Å². The lowest BCUT2D eigenvalue weighted by atomic mass is 10.1. The second kappa shape index (κ2) is 6.07. The fraction of sp³-hybridized carbons (Fsp3) is 0.444. The summed E-state index contributed by atoms with van der Waals surface area (Å²) in [7, 11) is 0. The average Bonchev–Trinajstić information content (AvgIpc) is 3.26. The molecular weight excluding hydrogens is 292 g/mol. The lowest BCUT2D eigenvalue weighted by Gasteiger charge is -2.26. The highest BCUT2D eigenvalue weighted by Crippen LogP contribution is 2.30. The lowest BCUT2D eigenvalue weighted by Crippen LogP contribution is -2.44. The van der Waals surface area contributed by atoms with E-state index in [9.17, 15) is 14.7 Å². The molecule has 0 radical (unpaired) electrons. The number of amides is 1. The van der Waals surface area contributed by atoms with E-state index in [4.69, 9.17) is 0 Å². The number of H-pyrrole nitrogens is 1. The molecular formula is C18H22N2O3. The van der Waals surface area contributed by atoms with Gasteiger partial charge in [0, 0.05) is 29.6 Å². The summed E-state index contributed by atoms with van der Waals surface area (Å²) in [6.07, 6.45) is 4.73. The number of rotatable bonds is 6. The van der Waals surface area contributed by atoms with Gasteiger partial charge in [-0.25, -0.2) is 4.79 Å². The van der Waals surface area contributed by atoms with Gasteiger partial charge in [0.25, 0.3) is 0 Å². The summed E-state index contributed by atoms with van der Waals surface area (Å²) in [5, 5.41) is 10.3. The van der Waals surface area contributed by atoms with Gasteiger partial charge in [-0.15, -0.1) is 0 Å². The Bertz CT molecular complexity index is 746. The van der Waals surface area contributed by atoms with Gasteiger partial charge in [-0.1, -0.05) is 11.6 Å². The van der Waals surface area contributed by atoms with E-state index >= 15 is 0 Å². The number of carboxylic acids is 1. The topological polar surface area (TPSA) is 73.4 Å². The summed E-state index contributed by atoms with van der Waals surface area (Å²) in [5.74, 6) is -1.00. The summed E-state index contributed by atoms with van der Waals surface area (Å²) < 4.78 is 0. The number of aryl methyl sites for hydroxylation is 2. The highest BCUT2D eigenvalue weighted by molar-refractivity contribution is 5.86. The molecule has 2 N–H and O–H groups in total. The fourth-order valence-corrected chi connectivity index (χ4v) is 3.08. The van der Waals surface area contributed by atoms with Gasteiger partial charge in [-0.3, -0.25) is 4.79 Å². The maximum atomic E-state index is 12.5. The second-order valence-corrected chi connectivity index (χ2v) is 6.41. The zero-order valence-electron chi connectivity index (χ0n) is 13.5. The SMILES string of the molecule is Cc1ccc2[nH]cc(CCC(=O)N(C3CC3)C(C)C(=O)O)c2c1. The molecule has 5 nitrogen and oxygen atoms in total. The van der Waals surface area contributed by atoms with Crippen LogP contribution in [0.2, 0.25) is 0 Å². The molecule has 5 heteroatoms. The number of aromatic amines is 1. The molecule has 1 aliphatic carbocycles. The molecule has 1 atom stereocenters. The van der Waals surface area contributed by atoms with Crippen molar-refractivity contribution < 1.29 is 14.7 Å². The predicted octanol–water partition coefficient (Wildman–Crippen LogP) is 2.87. The third-order valence-corrected chi connectivity index (χ3v) is 4.53. The first kappa shape index (κ1) is 15.6. The van der Waals surface area contributed by atoms with Crippen LogP contribution in [0.3, 0.4) is 0 Å². The van der Waals surface area contributed by atoms with Gasteiger partial charge in [0.15, 0.2) is 0 Å². The molecule has 1 aromatic carbocycles. The van der Waals surface area contributed by atoms with Gasteiger partial charge >= 0.3 is 5.97 Å². The van der Waals surface area contributed by atoms with Crippen molar-refractivity contribution in [2.24, 2.45) is 0 Å². The maximum absolute atomic E-state index is 12.5. The minimum Gasteiger partial charge on any atom is -0.480 e. The Morgan fingerprint density at radius 2 is 2.13 bits per heavy atom. The normalized spacial score (nSPS) is 15.6. The number of nitrogens with one attached hydrogen (secondary N) is 1. The quantitative estimate of drug-likeness (QED) is 0.861. The summed E-state index contributed by atoms with van der Waals surface area (Å²) in [6.45, 7) is 3.64. The zero-order chi connectivity index (χ0) is 16.6. The third kappa shape index (κ3) is 3.23. The molecule has 0 bridgehead atoms. The van der Waals surface area contributed by atoms with Gasteiger partial charge in [-0.2, -0.15) is 0 Å². The third-order valence-electron chi connectivity index (χ3n) is 4.53. The Kier molecular flexibility index (Phi) is 4.11. The molecule has 1 heterocycles. The summed E-state index contributed by atoms with van der Waals surface area (Å²) in [5.41, 5.74) is 3.36. The number of aromatic nitrogens is 1. The van der Waals surface area contributed by atoms with E-state index in [1.54, 1.807) is 11.8 Å². The number of benzene rings is 1. The van der Waals surface area contributed by atoms with Crippen molar-refractivity contribution in [2.75, 3.05) is 0 Å². The lowest BCUT2D eigenvalue weighted by molar-refractivity contribution is -0.150. The molecule has 23 heavy (non-hydrogen) atoms. The Morgan fingerprint density at radius 3 is 2.78 bits per heavy atom. The van der Waals surface area contributed by atoms with Crippen LogP contribution in [0, 0.1) is 6.92 Å².